The van der Waals surface area contributed by atoms with Crippen LogP contribution in [0.2, 0.25) is 0 Å². The van der Waals surface area contributed by atoms with Crippen molar-refractivity contribution < 1.29 is 14.4 Å². The molecule has 1 aromatic heterocycles. The Bertz CT molecular complexity index is 652. The summed E-state index contributed by atoms with van der Waals surface area (Å²) in [4.78, 5) is 41.2. The minimum Gasteiger partial charge on any atom is -0.344 e. The second-order valence-corrected chi connectivity index (χ2v) is 7.75. The second kappa shape index (κ2) is 6.20. The van der Waals surface area contributed by atoms with Crippen molar-refractivity contribution in [2.45, 2.75) is 31.2 Å². The van der Waals surface area contributed by atoms with Gasteiger partial charge in [-0.25, -0.2) is 0 Å². The highest BCUT2D eigenvalue weighted by Gasteiger charge is 2.46. The van der Waals surface area contributed by atoms with E-state index in [4.69, 9.17) is 0 Å². The average Bonchev–Trinajstić information content (AvgIpc) is 3.00. The number of hydrogen-bond acceptors (Lipinski definition) is 4. The molecule has 3 unspecified atom stereocenters. The summed E-state index contributed by atoms with van der Waals surface area (Å²) in [6.07, 6.45) is 1.97. The molecule has 128 valence electrons. The fraction of sp³-hybridized carbons (Fsp3) is 0.588. The molecule has 6 nitrogen and oxygen atoms in total. The van der Waals surface area contributed by atoms with E-state index in [-0.39, 0.29) is 29.7 Å². The number of amides is 3. The quantitative estimate of drug-likeness (QED) is 0.879. The lowest BCUT2D eigenvalue weighted by Gasteiger charge is -2.36. The first kappa shape index (κ1) is 15.6. The van der Waals surface area contributed by atoms with Crippen molar-refractivity contribution in [1.82, 2.24) is 15.1 Å². The molecule has 3 aliphatic rings. The van der Waals surface area contributed by atoms with Crippen LogP contribution in [0.1, 0.15) is 30.1 Å². The Labute approximate surface area is 144 Å². The van der Waals surface area contributed by atoms with Gasteiger partial charge in [0.1, 0.15) is 6.04 Å². The van der Waals surface area contributed by atoms with Gasteiger partial charge in [0.25, 0.3) is 0 Å². The molecule has 1 aliphatic carbocycles. The van der Waals surface area contributed by atoms with Crippen molar-refractivity contribution in [1.29, 1.82) is 0 Å². The van der Waals surface area contributed by atoms with Gasteiger partial charge in [-0.15, -0.1) is 11.3 Å². The molecule has 3 atom stereocenters. The van der Waals surface area contributed by atoms with Crippen LogP contribution in [0.25, 0.3) is 0 Å². The van der Waals surface area contributed by atoms with Crippen LogP contribution in [0.3, 0.4) is 0 Å². The molecule has 2 saturated heterocycles. The zero-order valence-corrected chi connectivity index (χ0v) is 14.3. The molecule has 2 aliphatic heterocycles. The average molecular weight is 347 g/mol. The number of carbonyl (C=O) groups is 3. The minimum absolute atomic E-state index is 0.00386. The first-order valence-electron chi connectivity index (χ1n) is 8.54. The summed E-state index contributed by atoms with van der Waals surface area (Å²) in [7, 11) is 0. The molecule has 0 spiro atoms. The predicted molar refractivity (Wildman–Crippen MR) is 89.5 cm³/mol. The van der Waals surface area contributed by atoms with Gasteiger partial charge in [0, 0.05) is 49.3 Å². The molecule has 1 N–H and O–H groups in total. The zero-order chi connectivity index (χ0) is 16.7. The Morgan fingerprint density at radius 1 is 1.12 bits per heavy atom. The summed E-state index contributed by atoms with van der Waals surface area (Å²) < 4.78 is 0. The van der Waals surface area contributed by atoms with E-state index in [1.165, 1.54) is 4.88 Å². The maximum absolute atomic E-state index is 12.6. The molecule has 24 heavy (non-hydrogen) atoms. The van der Waals surface area contributed by atoms with Crippen LogP contribution < -0.4 is 5.32 Å². The summed E-state index contributed by atoms with van der Waals surface area (Å²) in [6, 6.07) is 3.77. The molecule has 0 radical (unpaired) electrons. The topological polar surface area (TPSA) is 69.7 Å². The highest BCUT2D eigenvalue weighted by Crippen LogP contribution is 2.50. The van der Waals surface area contributed by atoms with Gasteiger partial charge in [0.2, 0.25) is 17.7 Å². The Balaban J connectivity index is 1.28. The van der Waals surface area contributed by atoms with E-state index in [0.717, 1.165) is 6.42 Å². The molecule has 7 heteroatoms. The predicted octanol–water partition coefficient (Wildman–Crippen LogP) is 0.801. The lowest BCUT2D eigenvalue weighted by molar-refractivity contribution is -0.141. The molecular weight excluding hydrogens is 326 g/mol. The van der Waals surface area contributed by atoms with E-state index < -0.39 is 0 Å². The van der Waals surface area contributed by atoms with Crippen LogP contribution in [0, 0.1) is 5.92 Å². The largest absolute Gasteiger partial charge is 0.344 e. The smallest absolute Gasteiger partial charge is 0.245 e. The molecule has 1 saturated carbocycles. The number of piperazine rings is 1. The lowest BCUT2D eigenvalue weighted by Crippen LogP contribution is -2.54. The number of rotatable bonds is 3. The first-order chi connectivity index (χ1) is 11.6. The molecule has 3 heterocycles. The van der Waals surface area contributed by atoms with E-state index in [1.807, 2.05) is 11.0 Å². The third kappa shape index (κ3) is 2.92. The lowest BCUT2D eigenvalue weighted by atomic mass is 10.1. The Morgan fingerprint density at radius 2 is 1.83 bits per heavy atom. The molecular formula is C17H21N3O3S. The fourth-order valence-electron chi connectivity index (χ4n) is 3.69. The molecule has 0 aromatic carbocycles. The van der Waals surface area contributed by atoms with E-state index >= 15 is 0 Å². The number of hydrogen-bond donors (Lipinski definition) is 1. The van der Waals surface area contributed by atoms with Crippen molar-refractivity contribution >= 4 is 29.1 Å². The summed E-state index contributed by atoms with van der Waals surface area (Å²) in [6.45, 7) is 2.32. The summed E-state index contributed by atoms with van der Waals surface area (Å²) >= 11 is 1.72. The molecule has 4 rings (SSSR count). The normalized spacial score (nSPS) is 29.5. The van der Waals surface area contributed by atoms with E-state index in [2.05, 4.69) is 16.8 Å². The van der Waals surface area contributed by atoms with Crippen molar-refractivity contribution in [3.63, 3.8) is 0 Å². The van der Waals surface area contributed by atoms with E-state index in [1.54, 1.807) is 16.2 Å². The SMILES string of the molecule is O=C1CCC(C(=O)N2CCN(C(=O)C3CC3c3cccs3)CC2)N1. The maximum Gasteiger partial charge on any atom is 0.245 e. The third-order valence-electron chi connectivity index (χ3n) is 5.21. The van der Waals surface area contributed by atoms with Crippen LogP contribution in [-0.2, 0) is 14.4 Å². The summed E-state index contributed by atoms with van der Waals surface area (Å²) in [5, 5.41) is 4.78. The third-order valence-corrected chi connectivity index (χ3v) is 6.22. The zero-order valence-electron chi connectivity index (χ0n) is 13.4. The Hall–Kier alpha value is -1.89. The van der Waals surface area contributed by atoms with Crippen LogP contribution >= 0.6 is 11.3 Å². The standard InChI is InChI=1S/C17H21N3O3S/c21-15-4-3-13(18-15)17(23)20-7-5-19(6-8-20)16(22)12-10-11(12)14-2-1-9-24-14/h1-2,9,11-13H,3-8,10H2,(H,18,21). The van der Waals surface area contributed by atoms with Gasteiger partial charge in [-0.1, -0.05) is 6.07 Å². The van der Waals surface area contributed by atoms with Gasteiger partial charge in [-0.05, 0) is 24.3 Å². The Morgan fingerprint density at radius 3 is 2.42 bits per heavy atom. The van der Waals surface area contributed by atoms with E-state index in [0.29, 0.717) is 44.9 Å². The maximum atomic E-state index is 12.6. The molecule has 0 bridgehead atoms. The van der Waals surface area contributed by atoms with Crippen LogP contribution in [0.4, 0.5) is 0 Å². The Kier molecular flexibility index (Phi) is 4.04. The highest BCUT2D eigenvalue weighted by molar-refractivity contribution is 7.10. The monoisotopic (exact) mass is 347 g/mol. The highest BCUT2D eigenvalue weighted by atomic mass is 32.1. The first-order valence-corrected chi connectivity index (χ1v) is 9.42. The van der Waals surface area contributed by atoms with Crippen molar-refractivity contribution in [3.05, 3.63) is 22.4 Å². The minimum atomic E-state index is -0.369. The van der Waals surface area contributed by atoms with Crippen molar-refractivity contribution in [2.24, 2.45) is 5.92 Å². The summed E-state index contributed by atoms with van der Waals surface area (Å²) in [5.74, 6) is 0.701. The number of nitrogens with zero attached hydrogens (tertiary/aromatic N) is 2. The van der Waals surface area contributed by atoms with Crippen LogP contribution in [0.5, 0.6) is 0 Å². The van der Waals surface area contributed by atoms with Gasteiger partial charge in [-0.2, -0.15) is 0 Å². The summed E-state index contributed by atoms with van der Waals surface area (Å²) in [5.41, 5.74) is 0. The van der Waals surface area contributed by atoms with Gasteiger partial charge >= 0.3 is 0 Å². The molecule has 3 amide bonds. The van der Waals surface area contributed by atoms with Gasteiger partial charge < -0.3 is 15.1 Å². The number of carbonyl (C=O) groups excluding carboxylic acids is 3. The number of thiophene rings is 1. The van der Waals surface area contributed by atoms with Gasteiger partial charge in [0.15, 0.2) is 0 Å². The van der Waals surface area contributed by atoms with Gasteiger partial charge in [-0.3, -0.25) is 14.4 Å². The van der Waals surface area contributed by atoms with Crippen LogP contribution in [0.15, 0.2) is 17.5 Å². The van der Waals surface area contributed by atoms with Crippen LogP contribution in [-0.4, -0.2) is 59.7 Å². The van der Waals surface area contributed by atoms with Crippen molar-refractivity contribution in [2.75, 3.05) is 26.2 Å². The molecule has 1 aromatic rings. The van der Waals surface area contributed by atoms with Crippen molar-refractivity contribution in [3.8, 4) is 0 Å². The van der Waals surface area contributed by atoms with Gasteiger partial charge in [0.05, 0.1) is 0 Å². The fourth-order valence-corrected chi connectivity index (χ4v) is 4.59. The van der Waals surface area contributed by atoms with E-state index in [9.17, 15) is 14.4 Å². The molecule has 3 fully saturated rings. The second-order valence-electron chi connectivity index (χ2n) is 6.77. The number of nitrogens with one attached hydrogen (secondary N) is 1.